The van der Waals surface area contributed by atoms with Crippen LogP contribution in [0.4, 0.5) is 4.39 Å². The predicted octanol–water partition coefficient (Wildman–Crippen LogP) is 3.72. The normalized spacial score (nSPS) is 12.9. The van der Waals surface area contributed by atoms with Crippen molar-refractivity contribution in [1.82, 2.24) is 5.32 Å². The lowest BCUT2D eigenvalue weighted by molar-refractivity contribution is 0.191. The summed E-state index contributed by atoms with van der Waals surface area (Å²) in [5.41, 5.74) is 1.09. The van der Waals surface area contributed by atoms with Gasteiger partial charge in [-0.15, -0.1) is 0 Å². The van der Waals surface area contributed by atoms with E-state index in [-0.39, 0.29) is 5.82 Å². The van der Waals surface area contributed by atoms with Gasteiger partial charge in [0, 0.05) is 26.3 Å². The molecule has 0 amide bonds. The van der Waals surface area contributed by atoms with Crippen molar-refractivity contribution < 1.29 is 9.13 Å². The molecule has 0 aliphatic rings. The lowest BCUT2D eigenvalue weighted by Gasteiger charge is -2.20. The number of hydrogen-bond donors (Lipinski definition) is 1. The van der Waals surface area contributed by atoms with Gasteiger partial charge in [0.15, 0.2) is 0 Å². The molecule has 19 heavy (non-hydrogen) atoms. The van der Waals surface area contributed by atoms with Crippen molar-refractivity contribution in [2.24, 2.45) is 0 Å². The molecule has 0 fully saturated rings. The maximum absolute atomic E-state index is 13.3. The largest absolute Gasteiger partial charge is 0.385 e. The van der Waals surface area contributed by atoms with Gasteiger partial charge in [-0.1, -0.05) is 32.4 Å². The number of rotatable bonds is 9. The number of unbranched alkanes of at least 4 members (excludes halogenated alkanes) is 1. The van der Waals surface area contributed by atoms with Crippen molar-refractivity contribution in [2.45, 2.75) is 45.1 Å². The van der Waals surface area contributed by atoms with Gasteiger partial charge in [-0.25, -0.2) is 4.39 Å². The van der Waals surface area contributed by atoms with E-state index >= 15 is 0 Å². The first-order chi connectivity index (χ1) is 9.13. The molecule has 2 nitrogen and oxygen atoms in total. The highest BCUT2D eigenvalue weighted by atomic mass is 19.1. The summed E-state index contributed by atoms with van der Waals surface area (Å²) in [5.74, 6) is 0.221. The van der Waals surface area contributed by atoms with E-state index in [1.807, 2.05) is 6.07 Å². The fourth-order valence-electron chi connectivity index (χ4n) is 2.16. The van der Waals surface area contributed by atoms with E-state index in [2.05, 4.69) is 19.2 Å². The number of halogens is 1. The summed E-state index contributed by atoms with van der Waals surface area (Å²) in [5, 5.41) is 3.45. The molecule has 1 aromatic carbocycles. The van der Waals surface area contributed by atoms with Crippen LogP contribution < -0.4 is 5.32 Å². The van der Waals surface area contributed by atoms with Crippen LogP contribution in [0.1, 0.15) is 44.6 Å². The standard InChI is InChI=1S/C16H26FNO/c1-13(2)18-12-15(7-4-5-10-19-3)14-8-6-9-16(17)11-14/h6,8-9,11,13,15,18H,4-5,7,10,12H2,1-3H3. The highest BCUT2D eigenvalue weighted by Gasteiger charge is 2.12. The molecule has 3 heteroatoms. The SMILES string of the molecule is COCCCCC(CNC(C)C)c1cccc(F)c1. The average molecular weight is 267 g/mol. The van der Waals surface area contributed by atoms with Crippen molar-refractivity contribution >= 4 is 0 Å². The maximum atomic E-state index is 13.3. The summed E-state index contributed by atoms with van der Waals surface area (Å²) in [6.07, 6.45) is 3.23. The first kappa shape index (κ1) is 16.1. The Hall–Kier alpha value is -0.930. The zero-order valence-corrected chi connectivity index (χ0v) is 12.3. The summed E-state index contributed by atoms with van der Waals surface area (Å²) in [7, 11) is 1.73. The topological polar surface area (TPSA) is 21.3 Å². The van der Waals surface area contributed by atoms with Crippen molar-refractivity contribution in [3.8, 4) is 0 Å². The van der Waals surface area contributed by atoms with Crippen molar-refractivity contribution in [2.75, 3.05) is 20.3 Å². The molecule has 0 heterocycles. The minimum atomic E-state index is -0.149. The Labute approximate surface area is 116 Å². The van der Waals surface area contributed by atoms with Crippen LogP contribution in [0.5, 0.6) is 0 Å². The summed E-state index contributed by atoms with van der Waals surface area (Å²) in [6, 6.07) is 7.42. The molecule has 0 aliphatic carbocycles. The first-order valence-electron chi connectivity index (χ1n) is 7.11. The molecule has 0 radical (unpaired) electrons. The van der Waals surface area contributed by atoms with E-state index < -0.39 is 0 Å². The van der Waals surface area contributed by atoms with Crippen LogP contribution >= 0.6 is 0 Å². The molecule has 0 aromatic heterocycles. The quantitative estimate of drug-likeness (QED) is 0.688. The molecule has 1 aromatic rings. The Kier molecular flexibility index (Phi) is 7.68. The smallest absolute Gasteiger partial charge is 0.123 e. The molecule has 0 saturated heterocycles. The van der Waals surface area contributed by atoms with E-state index in [0.29, 0.717) is 12.0 Å². The van der Waals surface area contributed by atoms with E-state index in [4.69, 9.17) is 4.74 Å². The zero-order chi connectivity index (χ0) is 14.1. The summed E-state index contributed by atoms with van der Waals surface area (Å²) < 4.78 is 18.4. The van der Waals surface area contributed by atoms with Gasteiger partial charge in [0.2, 0.25) is 0 Å². The molecule has 0 saturated carbocycles. The average Bonchev–Trinajstić information content (AvgIpc) is 2.37. The van der Waals surface area contributed by atoms with Gasteiger partial charge in [0.25, 0.3) is 0 Å². The van der Waals surface area contributed by atoms with Crippen molar-refractivity contribution in [3.63, 3.8) is 0 Å². The first-order valence-corrected chi connectivity index (χ1v) is 7.11. The Morgan fingerprint density at radius 3 is 2.68 bits per heavy atom. The van der Waals surface area contributed by atoms with Crippen molar-refractivity contribution in [3.05, 3.63) is 35.6 Å². The molecule has 1 unspecified atom stereocenters. The van der Waals surface area contributed by atoms with Gasteiger partial charge in [-0.05, 0) is 36.5 Å². The molecule has 1 rings (SSSR count). The summed E-state index contributed by atoms with van der Waals surface area (Å²) in [4.78, 5) is 0. The number of benzene rings is 1. The Morgan fingerprint density at radius 2 is 2.05 bits per heavy atom. The Morgan fingerprint density at radius 1 is 1.26 bits per heavy atom. The second-order valence-electron chi connectivity index (χ2n) is 5.30. The molecular weight excluding hydrogens is 241 g/mol. The fraction of sp³-hybridized carbons (Fsp3) is 0.625. The lowest BCUT2D eigenvalue weighted by Crippen LogP contribution is -2.28. The molecule has 1 N–H and O–H groups in total. The van der Waals surface area contributed by atoms with Crippen LogP contribution in [0.2, 0.25) is 0 Å². The third kappa shape index (κ3) is 6.69. The Bertz CT molecular complexity index is 354. The molecule has 0 spiro atoms. The van der Waals surface area contributed by atoms with E-state index in [1.165, 1.54) is 6.07 Å². The van der Waals surface area contributed by atoms with Crippen LogP contribution in [0.25, 0.3) is 0 Å². The van der Waals surface area contributed by atoms with E-state index in [9.17, 15) is 4.39 Å². The molecule has 108 valence electrons. The van der Waals surface area contributed by atoms with Gasteiger partial charge < -0.3 is 10.1 Å². The molecule has 0 bridgehead atoms. The van der Waals surface area contributed by atoms with Gasteiger partial charge >= 0.3 is 0 Å². The number of nitrogens with one attached hydrogen (secondary N) is 1. The van der Waals surface area contributed by atoms with Crippen LogP contribution in [0.3, 0.4) is 0 Å². The monoisotopic (exact) mass is 267 g/mol. The minimum Gasteiger partial charge on any atom is -0.385 e. The van der Waals surface area contributed by atoms with Gasteiger partial charge in [0.1, 0.15) is 5.82 Å². The van der Waals surface area contributed by atoms with E-state index in [0.717, 1.165) is 38.0 Å². The van der Waals surface area contributed by atoms with Crippen LogP contribution in [0, 0.1) is 5.82 Å². The molecule has 1 atom stereocenters. The highest BCUT2D eigenvalue weighted by molar-refractivity contribution is 5.21. The Balaban J connectivity index is 2.57. The second-order valence-corrected chi connectivity index (χ2v) is 5.30. The van der Waals surface area contributed by atoms with E-state index in [1.54, 1.807) is 19.2 Å². The summed E-state index contributed by atoms with van der Waals surface area (Å²) in [6.45, 7) is 5.96. The predicted molar refractivity (Wildman–Crippen MR) is 78.0 cm³/mol. The van der Waals surface area contributed by atoms with Crippen molar-refractivity contribution in [1.29, 1.82) is 0 Å². The second kappa shape index (κ2) is 9.05. The number of methoxy groups -OCH3 is 1. The van der Waals surface area contributed by atoms with Gasteiger partial charge in [0.05, 0.1) is 0 Å². The lowest BCUT2D eigenvalue weighted by atomic mass is 9.93. The zero-order valence-electron chi connectivity index (χ0n) is 12.3. The highest BCUT2D eigenvalue weighted by Crippen LogP contribution is 2.22. The number of ether oxygens (including phenoxy) is 1. The molecule has 0 aliphatic heterocycles. The van der Waals surface area contributed by atoms with Gasteiger partial charge in [-0.2, -0.15) is 0 Å². The maximum Gasteiger partial charge on any atom is 0.123 e. The van der Waals surface area contributed by atoms with Gasteiger partial charge in [-0.3, -0.25) is 0 Å². The molecular formula is C16H26FNO. The third-order valence-electron chi connectivity index (χ3n) is 3.24. The fourth-order valence-corrected chi connectivity index (χ4v) is 2.16. The minimum absolute atomic E-state index is 0.149. The third-order valence-corrected chi connectivity index (χ3v) is 3.24. The van der Waals surface area contributed by atoms with Crippen LogP contribution in [0.15, 0.2) is 24.3 Å². The van der Waals surface area contributed by atoms with Crippen LogP contribution in [-0.4, -0.2) is 26.3 Å². The summed E-state index contributed by atoms with van der Waals surface area (Å²) >= 11 is 0. The van der Waals surface area contributed by atoms with Crippen LogP contribution in [-0.2, 0) is 4.74 Å². The number of hydrogen-bond acceptors (Lipinski definition) is 2.